The lowest BCUT2D eigenvalue weighted by Gasteiger charge is -2.25. The molecule has 2 rings (SSSR count). The van der Waals surface area contributed by atoms with Crippen LogP contribution in [-0.2, 0) is 4.84 Å². The molecule has 2 unspecified atom stereocenters. The van der Waals surface area contributed by atoms with E-state index in [1.54, 1.807) is 0 Å². The molecule has 0 radical (unpaired) electrons. The molecule has 1 saturated carbocycles. The maximum Gasteiger partial charge on any atom is 0.316 e. The van der Waals surface area contributed by atoms with Gasteiger partial charge in [-0.1, -0.05) is 40.0 Å². The second-order valence-corrected chi connectivity index (χ2v) is 6.83. The Hall–Kier alpha value is -0.810. The van der Waals surface area contributed by atoms with E-state index in [1.165, 1.54) is 19.3 Å². The van der Waals surface area contributed by atoms with Crippen LogP contribution in [0.4, 0.5) is 4.79 Å². The molecule has 2 amide bonds. The average molecular weight is 269 g/mol. The number of urea groups is 1. The van der Waals surface area contributed by atoms with Gasteiger partial charge in [-0.25, -0.2) is 4.79 Å². The highest BCUT2D eigenvalue weighted by molar-refractivity contribution is 5.74. The molecule has 5 heteroatoms. The SMILES string of the molecule is CC(C)(C)C1CC(NC(=O)NC2CCCCC2)NO1. The van der Waals surface area contributed by atoms with Crippen molar-refractivity contribution in [3.63, 3.8) is 0 Å². The van der Waals surface area contributed by atoms with Crippen LogP contribution >= 0.6 is 0 Å². The zero-order valence-electron chi connectivity index (χ0n) is 12.3. The van der Waals surface area contributed by atoms with Crippen molar-refractivity contribution in [1.82, 2.24) is 16.1 Å². The van der Waals surface area contributed by atoms with Gasteiger partial charge in [0.1, 0.15) is 6.17 Å². The van der Waals surface area contributed by atoms with Crippen LogP contribution in [0.25, 0.3) is 0 Å². The average Bonchev–Trinajstić information content (AvgIpc) is 2.78. The molecule has 0 aromatic carbocycles. The summed E-state index contributed by atoms with van der Waals surface area (Å²) >= 11 is 0. The van der Waals surface area contributed by atoms with Crippen molar-refractivity contribution in [2.24, 2.45) is 5.41 Å². The fourth-order valence-electron chi connectivity index (χ4n) is 2.73. The van der Waals surface area contributed by atoms with Crippen LogP contribution in [0.2, 0.25) is 0 Å². The van der Waals surface area contributed by atoms with Crippen molar-refractivity contribution in [1.29, 1.82) is 0 Å². The summed E-state index contributed by atoms with van der Waals surface area (Å²) in [5.41, 5.74) is 3.00. The predicted molar refractivity (Wildman–Crippen MR) is 74.4 cm³/mol. The summed E-state index contributed by atoms with van der Waals surface area (Å²) < 4.78 is 0. The van der Waals surface area contributed by atoms with E-state index in [1.807, 2.05) is 0 Å². The van der Waals surface area contributed by atoms with Crippen molar-refractivity contribution < 1.29 is 9.63 Å². The minimum Gasteiger partial charge on any atom is -0.335 e. The van der Waals surface area contributed by atoms with Gasteiger partial charge in [0.15, 0.2) is 0 Å². The van der Waals surface area contributed by atoms with Crippen LogP contribution in [0.3, 0.4) is 0 Å². The number of hydroxylamine groups is 1. The van der Waals surface area contributed by atoms with Gasteiger partial charge < -0.3 is 10.6 Å². The van der Waals surface area contributed by atoms with E-state index in [0.29, 0.717) is 6.04 Å². The van der Waals surface area contributed by atoms with Crippen LogP contribution in [-0.4, -0.2) is 24.3 Å². The number of hydrogen-bond donors (Lipinski definition) is 3. The van der Waals surface area contributed by atoms with Crippen molar-refractivity contribution in [3.05, 3.63) is 0 Å². The second-order valence-electron chi connectivity index (χ2n) is 6.83. The molecular formula is C14H27N3O2. The number of amides is 2. The Kier molecular flexibility index (Phi) is 4.68. The lowest BCUT2D eigenvalue weighted by Crippen LogP contribution is -2.49. The maximum atomic E-state index is 11.9. The molecule has 0 bridgehead atoms. The second kappa shape index (κ2) is 6.09. The van der Waals surface area contributed by atoms with Gasteiger partial charge in [-0.3, -0.25) is 4.84 Å². The lowest BCUT2D eigenvalue weighted by molar-refractivity contribution is -0.0306. The first kappa shape index (κ1) is 14.6. The topological polar surface area (TPSA) is 62.4 Å². The van der Waals surface area contributed by atoms with Gasteiger partial charge in [0.05, 0.1) is 6.10 Å². The highest BCUT2D eigenvalue weighted by atomic mass is 16.7. The summed E-state index contributed by atoms with van der Waals surface area (Å²) in [5, 5.41) is 6.00. The molecule has 0 aromatic heterocycles. The Morgan fingerprint density at radius 2 is 1.84 bits per heavy atom. The van der Waals surface area contributed by atoms with Crippen molar-refractivity contribution >= 4 is 6.03 Å². The highest BCUT2D eigenvalue weighted by Crippen LogP contribution is 2.28. The van der Waals surface area contributed by atoms with Crippen molar-refractivity contribution in [2.75, 3.05) is 0 Å². The van der Waals surface area contributed by atoms with E-state index in [-0.39, 0.29) is 23.7 Å². The van der Waals surface area contributed by atoms with Gasteiger partial charge in [-0.15, -0.1) is 0 Å². The van der Waals surface area contributed by atoms with Crippen LogP contribution in [0.1, 0.15) is 59.3 Å². The van der Waals surface area contributed by atoms with E-state index in [0.717, 1.165) is 19.3 Å². The third-order valence-electron chi connectivity index (χ3n) is 4.01. The molecule has 1 aliphatic carbocycles. The van der Waals surface area contributed by atoms with E-state index < -0.39 is 0 Å². The molecule has 0 aromatic rings. The molecule has 0 spiro atoms. The quantitative estimate of drug-likeness (QED) is 0.720. The molecule has 1 saturated heterocycles. The van der Waals surface area contributed by atoms with Crippen molar-refractivity contribution in [3.8, 4) is 0 Å². The summed E-state index contributed by atoms with van der Waals surface area (Å²) in [4.78, 5) is 17.4. The van der Waals surface area contributed by atoms with Crippen LogP contribution in [0, 0.1) is 5.41 Å². The Bertz CT molecular complexity index is 308. The van der Waals surface area contributed by atoms with Crippen molar-refractivity contribution in [2.45, 2.75) is 77.6 Å². The van der Waals surface area contributed by atoms with Gasteiger partial charge in [-0.05, 0) is 18.3 Å². The van der Waals surface area contributed by atoms with Gasteiger partial charge >= 0.3 is 6.03 Å². The number of rotatable bonds is 2. The van der Waals surface area contributed by atoms with Gasteiger partial charge in [0, 0.05) is 12.5 Å². The largest absolute Gasteiger partial charge is 0.335 e. The zero-order chi connectivity index (χ0) is 13.9. The fourth-order valence-corrected chi connectivity index (χ4v) is 2.73. The molecule has 5 nitrogen and oxygen atoms in total. The van der Waals surface area contributed by atoms with Crippen LogP contribution in [0.15, 0.2) is 0 Å². The molecular weight excluding hydrogens is 242 g/mol. The number of hydrogen-bond acceptors (Lipinski definition) is 3. The Morgan fingerprint density at radius 3 is 2.42 bits per heavy atom. The smallest absolute Gasteiger partial charge is 0.316 e. The first-order chi connectivity index (χ1) is 8.95. The summed E-state index contributed by atoms with van der Waals surface area (Å²) in [5.74, 6) is 0. The third kappa shape index (κ3) is 4.35. The minimum atomic E-state index is -0.0900. The molecule has 19 heavy (non-hydrogen) atoms. The monoisotopic (exact) mass is 269 g/mol. The lowest BCUT2D eigenvalue weighted by atomic mass is 9.87. The summed E-state index contributed by atoms with van der Waals surface area (Å²) in [6.07, 6.45) is 6.80. The van der Waals surface area contributed by atoms with Crippen LogP contribution < -0.4 is 16.1 Å². The molecule has 2 aliphatic rings. The minimum absolute atomic E-state index is 0.0810. The van der Waals surface area contributed by atoms with E-state index in [2.05, 4.69) is 36.9 Å². The molecule has 1 heterocycles. The molecule has 1 aliphatic heterocycles. The summed E-state index contributed by atoms with van der Waals surface area (Å²) in [6.45, 7) is 6.43. The van der Waals surface area contributed by atoms with E-state index in [4.69, 9.17) is 4.84 Å². The molecule has 2 atom stereocenters. The molecule has 3 N–H and O–H groups in total. The predicted octanol–water partition coefficient (Wildman–Crippen LogP) is 2.28. The van der Waals surface area contributed by atoms with Gasteiger partial charge in [0.2, 0.25) is 0 Å². The molecule has 2 fully saturated rings. The Labute approximate surface area is 115 Å². The Morgan fingerprint density at radius 1 is 1.16 bits per heavy atom. The normalized spacial score (nSPS) is 29.2. The molecule has 110 valence electrons. The summed E-state index contributed by atoms with van der Waals surface area (Å²) in [7, 11) is 0. The standard InChI is InChI=1S/C14H27N3O2/c1-14(2,3)11-9-12(17-19-11)16-13(18)15-10-7-5-4-6-8-10/h10-12,17H,4-9H2,1-3H3,(H2,15,16,18). The highest BCUT2D eigenvalue weighted by Gasteiger charge is 2.35. The number of carbonyl (C=O) groups excluding carboxylic acids is 1. The van der Waals surface area contributed by atoms with E-state index >= 15 is 0 Å². The van der Waals surface area contributed by atoms with Crippen LogP contribution in [0.5, 0.6) is 0 Å². The zero-order valence-corrected chi connectivity index (χ0v) is 12.3. The van der Waals surface area contributed by atoms with E-state index in [9.17, 15) is 4.79 Å². The number of carbonyl (C=O) groups is 1. The third-order valence-corrected chi connectivity index (χ3v) is 4.01. The van der Waals surface area contributed by atoms with Gasteiger partial charge in [-0.2, -0.15) is 5.48 Å². The Balaban J connectivity index is 1.71. The fraction of sp³-hybridized carbons (Fsp3) is 0.929. The first-order valence-electron chi connectivity index (χ1n) is 7.43. The number of nitrogens with one attached hydrogen (secondary N) is 3. The van der Waals surface area contributed by atoms with Gasteiger partial charge in [0.25, 0.3) is 0 Å². The summed E-state index contributed by atoms with van der Waals surface area (Å²) in [6, 6.07) is 0.261. The first-order valence-corrected chi connectivity index (χ1v) is 7.43. The maximum absolute atomic E-state index is 11.9.